The number of pyridine rings is 1. The number of benzene rings is 2. The van der Waals surface area contributed by atoms with Crippen molar-refractivity contribution in [1.29, 1.82) is 0 Å². The number of anilines is 1. The van der Waals surface area contributed by atoms with Crippen LogP contribution in [-0.4, -0.2) is 40.4 Å². The van der Waals surface area contributed by atoms with Gasteiger partial charge in [-0.2, -0.15) is 0 Å². The van der Waals surface area contributed by atoms with E-state index in [0.29, 0.717) is 23.0 Å². The molecule has 28 heavy (non-hydrogen) atoms. The zero-order valence-corrected chi connectivity index (χ0v) is 16.7. The highest BCUT2D eigenvalue weighted by atomic mass is 32.1. The number of thiocarbonyl (C=S) groups is 1. The molecule has 3 aromatic rings. The zero-order valence-electron chi connectivity index (χ0n) is 15.9. The summed E-state index contributed by atoms with van der Waals surface area (Å²) in [6, 6.07) is 15.2. The minimum atomic E-state index is -0.166. The lowest BCUT2D eigenvalue weighted by Crippen LogP contribution is -2.37. The maximum absolute atomic E-state index is 12.5. The fourth-order valence-corrected chi connectivity index (χ4v) is 3.26. The largest absolute Gasteiger partial charge is 0.495 e. The molecule has 0 saturated carbocycles. The van der Waals surface area contributed by atoms with Gasteiger partial charge in [0.2, 0.25) is 0 Å². The quantitative estimate of drug-likeness (QED) is 0.555. The third kappa shape index (κ3) is 4.49. The molecule has 0 unspecified atom stereocenters. The molecule has 6 nitrogen and oxygen atoms in total. The van der Waals surface area contributed by atoms with Crippen LogP contribution in [0.1, 0.15) is 11.1 Å². The van der Waals surface area contributed by atoms with E-state index in [-0.39, 0.29) is 18.7 Å². The Bertz CT molecular complexity index is 1050. The molecule has 0 aliphatic heterocycles. The fourth-order valence-electron chi connectivity index (χ4n) is 3.00. The van der Waals surface area contributed by atoms with Crippen LogP contribution in [-0.2, 0) is 6.54 Å². The number of aliphatic hydroxyl groups is 1. The van der Waals surface area contributed by atoms with Crippen LogP contribution in [0.4, 0.5) is 5.69 Å². The van der Waals surface area contributed by atoms with Crippen LogP contribution >= 0.6 is 12.2 Å². The summed E-state index contributed by atoms with van der Waals surface area (Å²) in [7, 11) is 1.59. The van der Waals surface area contributed by atoms with Gasteiger partial charge in [-0.3, -0.25) is 4.79 Å². The van der Waals surface area contributed by atoms with Gasteiger partial charge in [0.05, 0.1) is 25.9 Å². The van der Waals surface area contributed by atoms with Gasteiger partial charge in [-0.05, 0) is 54.4 Å². The molecule has 7 heteroatoms. The van der Waals surface area contributed by atoms with E-state index < -0.39 is 0 Å². The third-order valence-electron chi connectivity index (χ3n) is 4.45. The van der Waals surface area contributed by atoms with Gasteiger partial charge >= 0.3 is 0 Å². The number of rotatable bonds is 6. The number of aryl methyl sites for hydroxylation is 1. The molecule has 0 amide bonds. The average molecular weight is 398 g/mol. The molecule has 0 atom stereocenters. The predicted octanol–water partition coefficient (Wildman–Crippen LogP) is 3.04. The van der Waals surface area contributed by atoms with Crippen molar-refractivity contribution >= 4 is 33.9 Å². The SMILES string of the molecule is COc1ccccc1NC(=S)N(CCO)Cc1cc2ccc(C)cc2[nH]c1=O. The monoisotopic (exact) mass is 397 g/mol. The number of nitrogens with zero attached hydrogens (tertiary/aromatic N) is 1. The topological polar surface area (TPSA) is 77.6 Å². The Kier molecular flexibility index (Phi) is 6.28. The van der Waals surface area contributed by atoms with Crippen LogP contribution in [0.3, 0.4) is 0 Å². The molecular weight excluding hydrogens is 374 g/mol. The van der Waals surface area contributed by atoms with Crippen molar-refractivity contribution in [1.82, 2.24) is 9.88 Å². The molecule has 0 bridgehead atoms. The maximum Gasteiger partial charge on any atom is 0.253 e. The number of methoxy groups -OCH3 is 1. The highest BCUT2D eigenvalue weighted by molar-refractivity contribution is 7.80. The van der Waals surface area contributed by atoms with E-state index in [1.165, 1.54) is 0 Å². The Morgan fingerprint density at radius 2 is 2.04 bits per heavy atom. The summed E-state index contributed by atoms with van der Waals surface area (Å²) < 4.78 is 5.34. The lowest BCUT2D eigenvalue weighted by molar-refractivity contribution is 0.248. The number of fused-ring (bicyclic) bond motifs is 1. The number of H-pyrrole nitrogens is 1. The summed E-state index contributed by atoms with van der Waals surface area (Å²) in [6.07, 6.45) is 0. The Hall–Kier alpha value is -2.90. The number of aromatic nitrogens is 1. The maximum atomic E-state index is 12.5. The van der Waals surface area contributed by atoms with Crippen molar-refractivity contribution in [3.63, 3.8) is 0 Å². The first kappa shape index (κ1) is 19.9. The van der Waals surface area contributed by atoms with Gasteiger partial charge in [0.25, 0.3) is 5.56 Å². The Labute approximate surface area is 168 Å². The van der Waals surface area contributed by atoms with Crippen LogP contribution in [0.15, 0.2) is 53.3 Å². The van der Waals surface area contributed by atoms with Gasteiger partial charge in [-0.25, -0.2) is 0 Å². The third-order valence-corrected chi connectivity index (χ3v) is 4.81. The Balaban J connectivity index is 1.85. The number of aromatic amines is 1. The lowest BCUT2D eigenvalue weighted by Gasteiger charge is -2.25. The molecule has 3 N–H and O–H groups in total. The molecule has 2 aromatic carbocycles. The Morgan fingerprint density at radius 3 is 2.79 bits per heavy atom. The number of nitrogens with one attached hydrogen (secondary N) is 2. The van der Waals surface area contributed by atoms with Gasteiger partial charge in [0.1, 0.15) is 5.75 Å². The number of para-hydroxylation sites is 2. The van der Waals surface area contributed by atoms with Gasteiger partial charge < -0.3 is 25.0 Å². The summed E-state index contributed by atoms with van der Waals surface area (Å²) in [4.78, 5) is 17.2. The zero-order chi connectivity index (χ0) is 20.1. The normalized spacial score (nSPS) is 10.7. The Morgan fingerprint density at radius 1 is 1.25 bits per heavy atom. The predicted molar refractivity (Wildman–Crippen MR) is 116 cm³/mol. The first-order chi connectivity index (χ1) is 13.5. The summed E-state index contributed by atoms with van der Waals surface area (Å²) in [5.74, 6) is 0.660. The minimum Gasteiger partial charge on any atom is -0.495 e. The molecular formula is C21H23N3O3S. The molecule has 0 saturated heterocycles. The average Bonchev–Trinajstić information content (AvgIpc) is 2.68. The van der Waals surface area contributed by atoms with Crippen LogP contribution < -0.4 is 15.6 Å². The van der Waals surface area contributed by atoms with E-state index in [1.807, 2.05) is 55.5 Å². The van der Waals surface area contributed by atoms with Crippen molar-refractivity contribution in [2.45, 2.75) is 13.5 Å². The highest BCUT2D eigenvalue weighted by Gasteiger charge is 2.14. The summed E-state index contributed by atoms with van der Waals surface area (Å²) in [5, 5.41) is 14.0. The van der Waals surface area contributed by atoms with Gasteiger partial charge in [-0.1, -0.05) is 24.3 Å². The summed E-state index contributed by atoms with van der Waals surface area (Å²) in [5.41, 5.74) is 3.02. The first-order valence-electron chi connectivity index (χ1n) is 8.94. The van der Waals surface area contributed by atoms with Gasteiger partial charge in [0.15, 0.2) is 5.11 Å². The van der Waals surface area contributed by atoms with E-state index in [0.717, 1.165) is 22.2 Å². The standard InChI is InChI=1S/C21H23N3O3S/c1-14-7-8-15-12-16(20(26)22-18(15)11-14)13-24(9-10-25)21(28)23-17-5-3-4-6-19(17)27-2/h3-8,11-12,25H,9-10,13H2,1-2H3,(H,22,26)(H,23,28). The second-order valence-electron chi connectivity index (χ2n) is 6.49. The van der Waals surface area contributed by atoms with E-state index >= 15 is 0 Å². The second-order valence-corrected chi connectivity index (χ2v) is 6.88. The molecule has 0 fully saturated rings. The second kappa shape index (κ2) is 8.86. The molecule has 0 aliphatic carbocycles. The van der Waals surface area contributed by atoms with Crippen LogP contribution in [0, 0.1) is 6.92 Å². The van der Waals surface area contributed by atoms with Crippen molar-refractivity contribution in [3.05, 3.63) is 70.0 Å². The molecule has 1 aromatic heterocycles. The fraction of sp³-hybridized carbons (Fsp3) is 0.238. The number of aliphatic hydroxyl groups excluding tert-OH is 1. The van der Waals surface area contributed by atoms with Gasteiger partial charge in [-0.15, -0.1) is 0 Å². The molecule has 0 spiro atoms. The molecule has 146 valence electrons. The van der Waals surface area contributed by atoms with E-state index in [9.17, 15) is 9.90 Å². The number of hydrogen-bond acceptors (Lipinski definition) is 4. The number of hydrogen-bond donors (Lipinski definition) is 3. The molecule has 0 aliphatic rings. The lowest BCUT2D eigenvalue weighted by atomic mass is 10.1. The van der Waals surface area contributed by atoms with Crippen molar-refractivity contribution in [2.75, 3.05) is 25.6 Å². The van der Waals surface area contributed by atoms with E-state index in [4.69, 9.17) is 17.0 Å². The number of ether oxygens (including phenoxy) is 1. The molecule has 0 radical (unpaired) electrons. The van der Waals surface area contributed by atoms with Crippen molar-refractivity contribution < 1.29 is 9.84 Å². The first-order valence-corrected chi connectivity index (χ1v) is 9.35. The molecule has 3 rings (SSSR count). The smallest absolute Gasteiger partial charge is 0.253 e. The summed E-state index contributed by atoms with van der Waals surface area (Å²) in [6.45, 7) is 2.47. The summed E-state index contributed by atoms with van der Waals surface area (Å²) >= 11 is 5.52. The van der Waals surface area contributed by atoms with Crippen LogP contribution in [0.2, 0.25) is 0 Å². The minimum absolute atomic E-state index is 0.0849. The van der Waals surface area contributed by atoms with Crippen molar-refractivity contribution in [3.8, 4) is 5.75 Å². The molecule has 1 heterocycles. The van der Waals surface area contributed by atoms with Crippen LogP contribution in [0.25, 0.3) is 10.9 Å². The van der Waals surface area contributed by atoms with Crippen molar-refractivity contribution in [2.24, 2.45) is 0 Å². The highest BCUT2D eigenvalue weighted by Crippen LogP contribution is 2.23. The van der Waals surface area contributed by atoms with Crippen LogP contribution in [0.5, 0.6) is 5.75 Å². The van der Waals surface area contributed by atoms with E-state index in [1.54, 1.807) is 12.0 Å². The van der Waals surface area contributed by atoms with Gasteiger partial charge in [0, 0.05) is 17.6 Å². The van der Waals surface area contributed by atoms with E-state index in [2.05, 4.69) is 10.3 Å².